The number of piperidine rings is 1. The first kappa shape index (κ1) is 20.1. The van der Waals surface area contributed by atoms with Crippen molar-refractivity contribution in [1.82, 2.24) is 15.2 Å². The smallest absolute Gasteiger partial charge is 0.234 e. The number of rotatable bonds is 6. The maximum atomic E-state index is 12.5. The number of aromatic amines is 1. The van der Waals surface area contributed by atoms with E-state index in [-0.39, 0.29) is 5.91 Å². The van der Waals surface area contributed by atoms with Crippen LogP contribution < -0.4 is 10.2 Å². The van der Waals surface area contributed by atoms with Gasteiger partial charge in [0.15, 0.2) is 0 Å². The number of fused-ring (bicyclic) bond motifs is 1. The molecule has 3 heterocycles. The maximum Gasteiger partial charge on any atom is 0.234 e. The number of aromatic nitrogens is 1. The molecule has 0 unspecified atom stereocenters. The molecule has 2 aromatic carbocycles. The van der Waals surface area contributed by atoms with Gasteiger partial charge in [0.2, 0.25) is 5.91 Å². The van der Waals surface area contributed by atoms with E-state index < -0.39 is 0 Å². The summed E-state index contributed by atoms with van der Waals surface area (Å²) in [6.07, 6.45) is 3.36. The van der Waals surface area contributed by atoms with E-state index in [1.54, 1.807) is 0 Å². The van der Waals surface area contributed by atoms with Gasteiger partial charge in [-0.25, -0.2) is 0 Å². The lowest BCUT2D eigenvalue weighted by atomic mass is 9.93. The Hall–Kier alpha value is -2.79. The number of hydrogen-bond donors (Lipinski definition) is 2. The maximum absolute atomic E-state index is 12.5. The molecule has 2 fully saturated rings. The molecule has 0 bridgehead atoms. The third-order valence-electron chi connectivity index (χ3n) is 6.94. The summed E-state index contributed by atoms with van der Waals surface area (Å²) in [6, 6.07) is 21.3. The Balaban J connectivity index is 1.04. The van der Waals surface area contributed by atoms with Crippen LogP contribution in [-0.2, 0) is 4.79 Å². The highest BCUT2D eigenvalue weighted by molar-refractivity contribution is 5.80. The molecule has 0 saturated carbocycles. The number of carbonyl (C=O) groups excluding carboxylic acids is 1. The van der Waals surface area contributed by atoms with Crippen LogP contribution in [0, 0.1) is 5.92 Å². The minimum absolute atomic E-state index is 0.169. The summed E-state index contributed by atoms with van der Waals surface area (Å²) in [4.78, 5) is 20.8. The molecule has 0 radical (unpaired) electrons. The SMILES string of the molecule is O=C(CN1CCC(c2cc3ccccc3[nH]2)CC1)NC[C@@H]1CCN(c2ccccc2)C1. The first-order valence-corrected chi connectivity index (χ1v) is 11.6. The quantitative estimate of drug-likeness (QED) is 0.639. The molecule has 31 heavy (non-hydrogen) atoms. The fourth-order valence-electron chi connectivity index (χ4n) is 5.11. The molecule has 1 amide bonds. The van der Waals surface area contributed by atoms with E-state index in [1.165, 1.54) is 22.3 Å². The Morgan fingerprint density at radius 1 is 0.968 bits per heavy atom. The molecule has 3 aromatic rings. The van der Waals surface area contributed by atoms with Gasteiger partial charge in [0, 0.05) is 42.5 Å². The van der Waals surface area contributed by atoms with E-state index in [2.05, 4.69) is 80.8 Å². The monoisotopic (exact) mass is 416 g/mol. The van der Waals surface area contributed by atoms with Crippen LogP contribution in [0.1, 0.15) is 30.9 Å². The van der Waals surface area contributed by atoms with Gasteiger partial charge in [-0.1, -0.05) is 36.4 Å². The van der Waals surface area contributed by atoms with Gasteiger partial charge in [0.05, 0.1) is 6.54 Å². The Morgan fingerprint density at radius 2 is 1.74 bits per heavy atom. The van der Waals surface area contributed by atoms with Crippen molar-refractivity contribution in [2.45, 2.75) is 25.2 Å². The van der Waals surface area contributed by atoms with E-state index in [0.29, 0.717) is 18.4 Å². The summed E-state index contributed by atoms with van der Waals surface area (Å²) in [7, 11) is 0. The summed E-state index contributed by atoms with van der Waals surface area (Å²) in [5.41, 5.74) is 3.85. The normalized spacial score (nSPS) is 20.4. The van der Waals surface area contributed by atoms with Crippen molar-refractivity contribution in [2.75, 3.05) is 44.2 Å². The van der Waals surface area contributed by atoms with Gasteiger partial charge in [-0.05, 0) is 67.9 Å². The predicted octanol–water partition coefficient (Wildman–Crippen LogP) is 3.99. The van der Waals surface area contributed by atoms with Gasteiger partial charge in [0.1, 0.15) is 0 Å². The predicted molar refractivity (Wildman–Crippen MR) is 126 cm³/mol. The van der Waals surface area contributed by atoms with Gasteiger partial charge >= 0.3 is 0 Å². The second kappa shape index (κ2) is 9.15. The number of benzene rings is 2. The van der Waals surface area contributed by atoms with E-state index in [0.717, 1.165) is 52.0 Å². The molecular weight excluding hydrogens is 384 g/mol. The molecule has 5 rings (SSSR count). The van der Waals surface area contributed by atoms with E-state index in [4.69, 9.17) is 0 Å². The zero-order chi connectivity index (χ0) is 21.0. The van der Waals surface area contributed by atoms with E-state index in [9.17, 15) is 4.79 Å². The molecule has 2 saturated heterocycles. The number of likely N-dealkylation sites (tertiary alicyclic amines) is 1. The standard InChI is InChI=1S/C26H32N4O/c31-26(27-17-20-10-15-30(18-20)23-7-2-1-3-8-23)19-29-13-11-21(12-14-29)25-16-22-6-4-5-9-24(22)28-25/h1-9,16,20-21,28H,10-15,17-19H2,(H,27,31)/t20-/m0/s1. The second-order valence-electron chi connectivity index (χ2n) is 9.10. The van der Waals surface area contributed by atoms with Crippen LogP contribution in [-0.4, -0.2) is 55.1 Å². The topological polar surface area (TPSA) is 51.4 Å². The molecule has 0 aliphatic carbocycles. The zero-order valence-corrected chi connectivity index (χ0v) is 18.1. The number of nitrogens with one attached hydrogen (secondary N) is 2. The third-order valence-corrected chi connectivity index (χ3v) is 6.94. The Labute approximate surface area is 184 Å². The molecule has 0 spiro atoms. The second-order valence-corrected chi connectivity index (χ2v) is 9.10. The van der Waals surface area contributed by atoms with Gasteiger partial charge in [-0.3, -0.25) is 9.69 Å². The van der Waals surface area contributed by atoms with Gasteiger partial charge < -0.3 is 15.2 Å². The van der Waals surface area contributed by atoms with Crippen molar-refractivity contribution < 1.29 is 4.79 Å². The van der Waals surface area contributed by atoms with Crippen molar-refractivity contribution in [3.05, 3.63) is 66.4 Å². The summed E-state index contributed by atoms with van der Waals surface area (Å²) in [5.74, 6) is 1.27. The number of H-pyrrole nitrogens is 1. The lowest BCUT2D eigenvalue weighted by molar-refractivity contribution is -0.122. The largest absolute Gasteiger partial charge is 0.371 e. The Kier molecular flexibility index (Phi) is 5.94. The van der Waals surface area contributed by atoms with Crippen LogP contribution in [0.4, 0.5) is 5.69 Å². The molecular formula is C26H32N4O. The highest BCUT2D eigenvalue weighted by Gasteiger charge is 2.25. The van der Waals surface area contributed by atoms with Crippen LogP contribution in [0.25, 0.3) is 10.9 Å². The molecule has 2 aliphatic rings. The van der Waals surface area contributed by atoms with Gasteiger partial charge in [-0.15, -0.1) is 0 Å². The average molecular weight is 417 g/mol. The highest BCUT2D eigenvalue weighted by Crippen LogP contribution is 2.29. The summed E-state index contributed by atoms with van der Waals surface area (Å²) in [5, 5.41) is 4.48. The van der Waals surface area contributed by atoms with Crippen LogP contribution in [0.3, 0.4) is 0 Å². The summed E-state index contributed by atoms with van der Waals surface area (Å²) < 4.78 is 0. The molecule has 1 aromatic heterocycles. The number of amides is 1. The first-order chi connectivity index (χ1) is 15.2. The van der Waals surface area contributed by atoms with Gasteiger partial charge in [0.25, 0.3) is 0 Å². The zero-order valence-electron chi connectivity index (χ0n) is 18.1. The number of nitrogens with zero attached hydrogens (tertiary/aromatic N) is 2. The number of para-hydroxylation sites is 2. The molecule has 2 N–H and O–H groups in total. The number of hydrogen-bond acceptors (Lipinski definition) is 3. The Morgan fingerprint density at radius 3 is 2.55 bits per heavy atom. The van der Waals surface area contributed by atoms with Crippen molar-refractivity contribution in [2.24, 2.45) is 5.92 Å². The van der Waals surface area contributed by atoms with Crippen molar-refractivity contribution in [1.29, 1.82) is 0 Å². The molecule has 5 heteroatoms. The number of carbonyl (C=O) groups is 1. The van der Waals surface area contributed by atoms with Crippen molar-refractivity contribution in [3.63, 3.8) is 0 Å². The Bertz CT molecular complexity index is 973. The number of anilines is 1. The van der Waals surface area contributed by atoms with Crippen LogP contribution in [0.2, 0.25) is 0 Å². The minimum atomic E-state index is 0.169. The fourth-order valence-corrected chi connectivity index (χ4v) is 5.11. The molecule has 162 valence electrons. The third kappa shape index (κ3) is 4.77. The molecule has 2 aliphatic heterocycles. The summed E-state index contributed by atoms with van der Waals surface area (Å²) in [6.45, 7) is 5.38. The molecule has 5 nitrogen and oxygen atoms in total. The highest BCUT2D eigenvalue weighted by atomic mass is 16.2. The van der Waals surface area contributed by atoms with Crippen molar-refractivity contribution in [3.8, 4) is 0 Å². The summed E-state index contributed by atoms with van der Waals surface area (Å²) >= 11 is 0. The van der Waals surface area contributed by atoms with E-state index >= 15 is 0 Å². The first-order valence-electron chi connectivity index (χ1n) is 11.6. The molecule has 1 atom stereocenters. The lowest BCUT2D eigenvalue weighted by Crippen LogP contribution is -2.42. The van der Waals surface area contributed by atoms with E-state index in [1.807, 2.05) is 0 Å². The average Bonchev–Trinajstić information content (AvgIpc) is 3.46. The van der Waals surface area contributed by atoms with Crippen LogP contribution >= 0.6 is 0 Å². The minimum Gasteiger partial charge on any atom is -0.371 e. The van der Waals surface area contributed by atoms with Crippen LogP contribution in [0.15, 0.2) is 60.7 Å². The van der Waals surface area contributed by atoms with Gasteiger partial charge in [-0.2, -0.15) is 0 Å². The van der Waals surface area contributed by atoms with Crippen LogP contribution in [0.5, 0.6) is 0 Å². The van der Waals surface area contributed by atoms with Crippen molar-refractivity contribution >= 4 is 22.5 Å². The lowest BCUT2D eigenvalue weighted by Gasteiger charge is -2.31. The fraction of sp³-hybridized carbons (Fsp3) is 0.423.